The quantitative estimate of drug-likeness (QED) is 0.186. The van der Waals surface area contributed by atoms with E-state index in [4.69, 9.17) is 0 Å². The number of hydrogen-bond acceptors (Lipinski definition) is 4. The summed E-state index contributed by atoms with van der Waals surface area (Å²) < 4.78 is 2.09. The molecule has 0 aliphatic heterocycles. The number of rotatable bonds is 6. The molecule has 1 aliphatic carbocycles. The van der Waals surface area contributed by atoms with E-state index in [1.807, 2.05) is 83.1 Å². The minimum absolute atomic E-state index is 0.0197. The van der Waals surface area contributed by atoms with Gasteiger partial charge >= 0.3 is 0 Å². The Bertz CT molecular complexity index is 1730. The van der Waals surface area contributed by atoms with Crippen LogP contribution in [0.5, 0.6) is 0 Å². The Morgan fingerprint density at radius 3 is 2.32 bits per heavy atom. The molecule has 0 unspecified atom stereocenters. The van der Waals surface area contributed by atoms with Gasteiger partial charge in [0, 0.05) is 27.6 Å². The van der Waals surface area contributed by atoms with Gasteiger partial charge in [0.1, 0.15) is 16.6 Å². The number of aryl methyl sites for hydroxylation is 5. The van der Waals surface area contributed by atoms with Crippen molar-refractivity contribution in [3.63, 3.8) is 0 Å². The molecule has 2 aromatic heterocycles. The SMILES string of the molecule is Cc1ccc(NC(=O)c2c(-n3c(C)cc(C=C(C#N)C(=O)Nc4ccc(C)c(C)c4)c3C)sc3c2CCCC3)cc1. The van der Waals surface area contributed by atoms with Crippen LogP contribution in [0.4, 0.5) is 11.4 Å². The number of nitriles is 1. The highest BCUT2D eigenvalue weighted by Gasteiger charge is 2.28. The summed E-state index contributed by atoms with van der Waals surface area (Å²) in [7, 11) is 0. The minimum atomic E-state index is -0.453. The summed E-state index contributed by atoms with van der Waals surface area (Å²) in [5.74, 6) is -0.566. The monoisotopic (exact) mass is 562 g/mol. The number of nitrogens with zero attached hydrogens (tertiary/aromatic N) is 2. The van der Waals surface area contributed by atoms with Gasteiger partial charge in [-0.1, -0.05) is 23.8 Å². The Morgan fingerprint density at radius 2 is 1.61 bits per heavy atom. The highest BCUT2D eigenvalue weighted by atomic mass is 32.1. The first kappa shape index (κ1) is 28.1. The molecule has 41 heavy (non-hydrogen) atoms. The average molecular weight is 563 g/mol. The van der Waals surface area contributed by atoms with Crippen LogP contribution in [-0.2, 0) is 17.6 Å². The Kier molecular flexibility index (Phi) is 7.96. The van der Waals surface area contributed by atoms with E-state index in [0.717, 1.165) is 81.1 Å². The van der Waals surface area contributed by atoms with E-state index in [9.17, 15) is 14.9 Å². The molecule has 6 nitrogen and oxygen atoms in total. The number of thiophene rings is 1. The van der Waals surface area contributed by atoms with Crippen LogP contribution in [0.2, 0.25) is 0 Å². The second-order valence-electron chi connectivity index (χ2n) is 10.8. The lowest BCUT2D eigenvalue weighted by molar-refractivity contribution is -0.112. The van der Waals surface area contributed by atoms with Crippen LogP contribution >= 0.6 is 11.3 Å². The van der Waals surface area contributed by atoms with Gasteiger partial charge in [0.25, 0.3) is 11.8 Å². The zero-order chi connectivity index (χ0) is 29.3. The van der Waals surface area contributed by atoms with Gasteiger partial charge in [0.15, 0.2) is 0 Å². The first-order valence-electron chi connectivity index (χ1n) is 13.9. The van der Waals surface area contributed by atoms with Crippen LogP contribution in [0.15, 0.2) is 54.1 Å². The molecule has 0 saturated carbocycles. The molecule has 208 valence electrons. The summed E-state index contributed by atoms with van der Waals surface area (Å²) in [5.41, 5.74) is 9.20. The number of carbonyl (C=O) groups is 2. The third-order valence-corrected chi connectivity index (χ3v) is 9.07. The number of hydrogen-bond donors (Lipinski definition) is 2. The van der Waals surface area contributed by atoms with E-state index in [1.54, 1.807) is 17.4 Å². The lowest BCUT2D eigenvalue weighted by atomic mass is 9.95. The van der Waals surface area contributed by atoms with Gasteiger partial charge in [0.2, 0.25) is 0 Å². The molecule has 7 heteroatoms. The fourth-order valence-corrected chi connectivity index (χ4v) is 6.84. The minimum Gasteiger partial charge on any atom is -0.322 e. The van der Waals surface area contributed by atoms with Crippen molar-refractivity contribution in [1.29, 1.82) is 5.26 Å². The van der Waals surface area contributed by atoms with Crippen LogP contribution in [0.1, 0.15) is 67.3 Å². The van der Waals surface area contributed by atoms with Crippen LogP contribution in [-0.4, -0.2) is 16.4 Å². The maximum Gasteiger partial charge on any atom is 0.266 e. The molecular formula is C34H34N4O2S. The van der Waals surface area contributed by atoms with Crippen molar-refractivity contribution in [2.45, 2.75) is 60.3 Å². The third-order valence-electron chi connectivity index (χ3n) is 7.79. The lowest BCUT2D eigenvalue weighted by Gasteiger charge is -2.14. The van der Waals surface area contributed by atoms with Crippen molar-refractivity contribution in [2.24, 2.45) is 0 Å². The molecule has 1 aliphatic rings. The first-order valence-corrected chi connectivity index (χ1v) is 14.7. The molecule has 2 heterocycles. The predicted octanol–water partition coefficient (Wildman–Crippen LogP) is 7.76. The summed E-state index contributed by atoms with van der Waals surface area (Å²) in [5, 5.41) is 16.7. The number of benzene rings is 2. The van der Waals surface area contributed by atoms with Gasteiger partial charge in [-0.2, -0.15) is 5.26 Å². The molecule has 0 bridgehead atoms. The number of amides is 2. The van der Waals surface area contributed by atoms with Crippen molar-refractivity contribution < 1.29 is 9.59 Å². The largest absolute Gasteiger partial charge is 0.322 e. The highest BCUT2D eigenvalue weighted by molar-refractivity contribution is 7.15. The van der Waals surface area contributed by atoms with Crippen LogP contribution in [0, 0.1) is 45.9 Å². The molecular weight excluding hydrogens is 528 g/mol. The fourth-order valence-electron chi connectivity index (χ4n) is 5.34. The van der Waals surface area contributed by atoms with Crippen molar-refractivity contribution in [2.75, 3.05) is 10.6 Å². The lowest BCUT2D eigenvalue weighted by Crippen LogP contribution is -2.17. The van der Waals surface area contributed by atoms with E-state index in [2.05, 4.69) is 21.3 Å². The molecule has 0 atom stereocenters. The molecule has 2 amide bonds. The molecule has 0 saturated heterocycles. The van der Waals surface area contributed by atoms with Crippen LogP contribution in [0.25, 0.3) is 11.1 Å². The number of aromatic nitrogens is 1. The molecule has 2 aromatic carbocycles. The normalized spacial score (nSPS) is 12.9. The van der Waals surface area contributed by atoms with Crippen molar-refractivity contribution in [3.8, 4) is 11.1 Å². The van der Waals surface area contributed by atoms with Gasteiger partial charge in [-0.25, -0.2) is 0 Å². The van der Waals surface area contributed by atoms with Crippen molar-refractivity contribution in [3.05, 3.63) is 104 Å². The number of carbonyl (C=O) groups excluding carboxylic acids is 2. The Hall–Kier alpha value is -4.41. The van der Waals surface area contributed by atoms with E-state index in [-0.39, 0.29) is 11.5 Å². The van der Waals surface area contributed by atoms with Crippen molar-refractivity contribution in [1.82, 2.24) is 4.57 Å². The van der Waals surface area contributed by atoms with Gasteiger partial charge in [-0.05, 0) is 119 Å². The molecule has 5 rings (SSSR count). The van der Waals surface area contributed by atoms with Gasteiger partial charge in [0.05, 0.1) is 5.56 Å². The number of nitrogens with one attached hydrogen (secondary N) is 2. The smallest absolute Gasteiger partial charge is 0.266 e. The topological polar surface area (TPSA) is 86.9 Å². The van der Waals surface area contributed by atoms with E-state index >= 15 is 0 Å². The average Bonchev–Trinajstić information content (AvgIpc) is 3.46. The first-order chi connectivity index (χ1) is 19.7. The fraction of sp³-hybridized carbons (Fsp3) is 0.265. The molecule has 0 spiro atoms. The second kappa shape index (κ2) is 11.6. The molecule has 0 fully saturated rings. The summed E-state index contributed by atoms with van der Waals surface area (Å²) in [6.07, 6.45) is 5.66. The standard InChI is InChI=1S/C34H34N4O2S/c1-20-10-13-27(14-11-20)36-33(40)31-29-8-6-7-9-30(29)41-34(31)38-23(4)17-25(24(38)5)18-26(19-35)32(39)37-28-15-12-21(2)22(3)16-28/h10-18H,6-9H2,1-5H3,(H,36,40)(H,37,39). The second-order valence-corrected chi connectivity index (χ2v) is 11.9. The summed E-state index contributed by atoms with van der Waals surface area (Å²) in [6, 6.07) is 17.5. The predicted molar refractivity (Wildman–Crippen MR) is 167 cm³/mol. The maximum atomic E-state index is 13.8. The molecule has 0 radical (unpaired) electrons. The Morgan fingerprint density at radius 1 is 0.902 bits per heavy atom. The van der Waals surface area contributed by atoms with Crippen LogP contribution < -0.4 is 10.6 Å². The van der Waals surface area contributed by atoms with Gasteiger partial charge in [-0.3, -0.25) is 9.59 Å². The number of anilines is 2. The number of fused-ring (bicyclic) bond motifs is 1. The van der Waals surface area contributed by atoms with Crippen LogP contribution in [0.3, 0.4) is 0 Å². The van der Waals surface area contributed by atoms with Crippen molar-refractivity contribution >= 4 is 40.6 Å². The zero-order valence-corrected chi connectivity index (χ0v) is 25.0. The molecule has 4 aromatic rings. The third kappa shape index (κ3) is 5.75. The zero-order valence-electron chi connectivity index (χ0n) is 24.1. The Balaban J connectivity index is 1.51. The van der Waals surface area contributed by atoms with E-state index in [0.29, 0.717) is 5.69 Å². The van der Waals surface area contributed by atoms with Gasteiger partial charge in [-0.15, -0.1) is 11.3 Å². The maximum absolute atomic E-state index is 13.8. The van der Waals surface area contributed by atoms with E-state index in [1.165, 1.54) is 4.88 Å². The Labute approximate surface area is 245 Å². The summed E-state index contributed by atoms with van der Waals surface area (Å²) in [4.78, 5) is 28.0. The summed E-state index contributed by atoms with van der Waals surface area (Å²) >= 11 is 1.67. The highest BCUT2D eigenvalue weighted by Crippen LogP contribution is 2.39. The van der Waals surface area contributed by atoms with E-state index < -0.39 is 5.91 Å². The molecule has 2 N–H and O–H groups in total. The summed E-state index contributed by atoms with van der Waals surface area (Å²) in [6.45, 7) is 9.98. The van der Waals surface area contributed by atoms with Gasteiger partial charge < -0.3 is 15.2 Å².